The highest BCUT2D eigenvalue weighted by Gasteiger charge is 2.23. The SMILES string of the molecule is c1csc(-c2ccc(CCc3nc([C@@H]4CCOC4)no3)o2)c1. The predicted molar refractivity (Wildman–Crippen MR) is 81.9 cm³/mol. The lowest BCUT2D eigenvalue weighted by Crippen LogP contribution is -2.00. The van der Waals surface area contributed by atoms with Gasteiger partial charge in [0, 0.05) is 25.4 Å². The van der Waals surface area contributed by atoms with E-state index in [4.69, 9.17) is 13.7 Å². The zero-order valence-electron chi connectivity index (χ0n) is 12.0. The zero-order chi connectivity index (χ0) is 14.8. The molecule has 5 nitrogen and oxygen atoms in total. The second-order valence-corrected chi connectivity index (χ2v) is 6.30. The normalized spacial score (nSPS) is 18.1. The highest BCUT2D eigenvalue weighted by molar-refractivity contribution is 7.13. The van der Waals surface area contributed by atoms with Crippen LogP contribution in [-0.4, -0.2) is 23.4 Å². The van der Waals surface area contributed by atoms with E-state index in [1.165, 1.54) is 0 Å². The number of hydrogen-bond donors (Lipinski definition) is 0. The molecule has 0 N–H and O–H groups in total. The minimum absolute atomic E-state index is 0.284. The summed E-state index contributed by atoms with van der Waals surface area (Å²) in [4.78, 5) is 5.61. The van der Waals surface area contributed by atoms with E-state index in [0.29, 0.717) is 18.9 Å². The lowest BCUT2D eigenvalue weighted by atomic mass is 10.1. The number of nitrogens with zero attached hydrogens (tertiary/aromatic N) is 2. The summed E-state index contributed by atoms with van der Waals surface area (Å²) in [6, 6.07) is 8.10. The van der Waals surface area contributed by atoms with E-state index < -0.39 is 0 Å². The van der Waals surface area contributed by atoms with Crippen molar-refractivity contribution >= 4 is 11.3 Å². The van der Waals surface area contributed by atoms with Gasteiger partial charge in [0.25, 0.3) is 0 Å². The van der Waals surface area contributed by atoms with Crippen molar-refractivity contribution in [2.75, 3.05) is 13.2 Å². The summed E-state index contributed by atoms with van der Waals surface area (Å²) in [5.74, 6) is 3.57. The maximum absolute atomic E-state index is 5.86. The minimum Gasteiger partial charge on any atom is -0.460 e. The largest absolute Gasteiger partial charge is 0.460 e. The van der Waals surface area contributed by atoms with E-state index in [1.54, 1.807) is 11.3 Å². The van der Waals surface area contributed by atoms with Gasteiger partial charge in [0.05, 0.1) is 11.5 Å². The number of ether oxygens (including phenoxy) is 1. The average Bonchev–Trinajstić information content (AvgIpc) is 3.33. The van der Waals surface area contributed by atoms with Crippen molar-refractivity contribution < 1.29 is 13.7 Å². The molecule has 0 unspecified atom stereocenters. The lowest BCUT2D eigenvalue weighted by molar-refractivity contribution is 0.192. The van der Waals surface area contributed by atoms with Gasteiger partial charge in [0.15, 0.2) is 5.82 Å². The van der Waals surface area contributed by atoms with Crippen LogP contribution in [0.25, 0.3) is 10.6 Å². The molecule has 1 fully saturated rings. The number of aryl methyl sites for hydroxylation is 2. The van der Waals surface area contributed by atoms with Gasteiger partial charge in [0.2, 0.25) is 5.89 Å². The minimum atomic E-state index is 0.284. The fourth-order valence-electron chi connectivity index (χ4n) is 2.57. The first-order chi connectivity index (χ1) is 10.9. The third-order valence-corrected chi connectivity index (χ3v) is 4.67. The molecule has 1 aliphatic heterocycles. The van der Waals surface area contributed by atoms with Crippen molar-refractivity contribution in [3.8, 4) is 10.6 Å². The molecule has 1 atom stereocenters. The van der Waals surface area contributed by atoms with Crippen LogP contribution in [0.4, 0.5) is 0 Å². The fraction of sp³-hybridized carbons (Fsp3) is 0.375. The van der Waals surface area contributed by atoms with Crippen LogP contribution in [0.15, 0.2) is 38.6 Å². The standard InChI is InChI=1S/C16H16N2O3S/c1-2-14(22-9-1)13-5-3-12(20-13)4-6-15-17-16(18-21-15)11-7-8-19-10-11/h1-3,5,9,11H,4,6-8,10H2/t11-/m1/s1. The molecule has 6 heteroatoms. The van der Waals surface area contributed by atoms with Crippen LogP contribution in [-0.2, 0) is 17.6 Å². The molecule has 0 radical (unpaired) electrons. The highest BCUT2D eigenvalue weighted by Crippen LogP contribution is 2.27. The molecule has 0 aliphatic carbocycles. The first-order valence-corrected chi connectivity index (χ1v) is 8.29. The Morgan fingerprint density at radius 1 is 1.23 bits per heavy atom. The zero-order valence-corrected chi connectivity index (χ0v) is 12.8. The molecular formula is C16H16N2O3S. The smallest absolute Gasteiger partial charge is 0.227 e. The summed E-state index contributed by atoms with van der Waals surface area (Å²) >= 11 is 1.67. The Morgan fingerprint density at radius 3 is 3.05 bits per heavy atom. The van der Waals surface area contributed by atoms with E-state index in [-0.39, 0.29) is 5.92 Å². The topological polar surface area (TPSA) is 61.3 Å². The predicted octanol–water partition coefficient (Wildman–Crippen LogP) is 3.68. The number of rotatable bonds is 5. The summed E-state index contributed by atoms with van der Waals surface area (Å²) in [5, 5.41) is 6.11. The molecule has 0 spiro atoms. The Morgan fingerprint density at radius 2 is 2.23 bits per heavy atom. The maximum atomic E-state index is 5.86. The van der Waals surface area contributed by atoms with E-state index in [2.05, 4.69) is 16.2 Å². The second-order valence-electron chi connectivity index (χ2n) is 5.35. The first-order valence-electron chi connectivity index (χ1n) is 7.41. The number of aromatic nitrogens is 2. The van der Waals surface area contributed by atoms with Crippen LogP contribution in [0.5, 0.6) is 0 Å². The lowest BCUT2D eigenvalue weighted by Gasteiger charge is -1.97. The van der Waals surface area contributed by atoms with Crippen molar-refractivity contribution in [2.45, 2.75) is 25.2 Å². The molecule has 1 saturated heterocycles. The van der Waals surface area contributed by atoms with Crippen LogP contribution >= 0.6 is 11.3 Å². The number of thiophene rings is 1. The highest BCUT2D eigenvalue weighted by atomic mass is 32.1. The monoisotopic (exact) mass is 316 g/mol. The van der Waals surface area contributed by atoms with Crippen LogP contribution in [0, 0.1) is 0 Å². The van der Waals surface area contributed by atoms with E-state index in [9.17, 15) is 0 Å². The molecule has 22 heavy (non-hydrogen) atoms. The molecule has 114 valence electrons. The molecule has 0 bridgehead atoms. The van der Waals surface area contributed by atoms with Crippen molar-refractivity contribution in [3.63, 3.8) is 0 Å². The molecule has 3 aromatic rings. The summed E-state index contributed by atoms with van der Waals surface area (Å²) < 4.78 is 16.5. The molecular weight excluding hydrogens is 300 g/mol. The molecule has 3 aromatic heterocycles. The van der Waals surface area contributed by atoms with Crippen molar-refractivity contribution in [1.29, 1.82) is 0 Å². The van der Waals surface area contributed by atoms with Gasteiger partial charge in [-0.2, -0.15) is 4.98 Å². The maximum Gasteiger partial charge on any atom is 0.227 e. The van der Waals surface area contributed by atoms with Gasteiger partial charge in [-0.05, 0) is 30.0 Å². The van der Waals surface area contributed by atoms with Crippen LogP contribution in [0.2, 0.25) is 0 Å². The average molecular weight is 316 g/mol. The van der Waals surface area contributed by atoms with Gasteiger partial charge in [-0.15, -0.1) is 11.3 Å². The third-order valence-electron chi connectivity index (χ3n) is 3.79. The van der Waals surface area contributed by atoms with Gasteiger partial charge in [-0.1, -0.05) is 11.2 Å². The van der Waals surface area contributed by atoms with Gasteiger partial charge in [0.1, 0.15) is 11.5 Å². The van der Waals surface area contributed by atoms with Gasteiger partial charge >= 0.3 is 0 Å². The fourth-order valence-corrected chi connectivity index (χ4v) is 3.25. The Labute approximate surface area is 131 Å². The van der Waals surface area contributed by atoms with E-state index >= 15 is 0 Å². The Balaban J connectivity index is 1.38. The molecule has 0 amide bonds. The van der Waals surface area contributed by atoms with Crippen LogP contribution < -0.4 is 0 Å². The van der Waals surface area contributed by atoms with Crippen molar-refractivity contribution in [2.24, 2.45) is 0 Å². The van der Waals surface area contributed by atoms with E-state index in [0.717, 1.165) is 41.7 Å². The van der Waals surface area contributed by atoms with E-state index in [1.807, 2.05) is 23.6 Å². The molecule has 0 saturated carbocycles. The first kappa shape index (κ1) is 13.7. The summed E-state index contributed by atoms with van der Waals surface area (Å²) in [6.45, 7) is 1.48. The molecule has 1 aliphatic rings. The Hall–Kier alpha value is -1.92. The summed E-state index contributed by atoms with van der Waals surface area (Å²) in [5.41, 5.74) is 0. The Bertz CT molecular complexity index is 726. The third kappa shape index (κ3) is 2.84. The van der Waals surface area contributed by atoms with Crippen molar-refractivity contribution in [1.82, 2.24) is 10.1 Å². The molecule has 4 heterocycles. The van der Waals surface area contributed by atoms with Crippen LogP contribution in [0.3, 0.4) is 0 Å². The Kier molecular flexibility index (Phi) is 3.78. The summed E-state index contributed by atoms with van der Waals surface area (Å²) in [7, 11) is 0. The summed E-state index contributed by atoms with van der Waals surface area (Å²) in [6.07, 6.45) is 2.42. The molecule has 0 aromatic carbocycles. The van der Waals surface area contributed by atoms with Gasteiger partial charge in [-0.3, -0.25) is 0 Å². The van der Waals surface area contributed by atoms with Crippen LogP contribution in [0.1, 0.15) is 29.8 Å². The number of hydrogen-bond acceptors (Lipinski definition) is 6. The quantitative estimate of drug-likeness (QED) is 0.718. The second kappa shape index (κ2) is 6.06. The number of furan rings is 1. The molecule has 4 rings (SSSR count). The van der Waals surface area contributed by atoms with Gasteiger partial charge < -0.3 is 13.7 Å². The van der Waals surface area contributed by atoms with Crippen molar-refractivity contribution in [3.05, 3.63) is 47.1 Å². The van der Waals surface area contributed by atoms with Gasteiger partial charge in [-0.25, -0.2) is 0 Å².